The first-order chi connectivity index (χ1) is 7.02. The van der Waals surface area contributed by atoms with Crippen molar-refractivity contribution in [2.24, 2.45) is 0 Å². The molecule has 7 nitrogen and oxygen atoms in total. The van der Waals surface area contributed by atoms with E-state index in [0.717, 1.165) is 0 Å². The first-order valence-electron chi connectivity index (χ1n) is 4.33. The first-order valence-corrected chi connectivity index (χ1v) is 4.33. The Bertz CT molecular complexity index is 231. The molecule has 3 N–H and O–H groups in total. The highest BCUT2D eigenvalue weighted by Crippen LogP contribution is 2.23. The molecule has 2 unspecified atom stereocenters. The van der Waals surface area contributed by atoms with Gasteiger partial charge in [-0.05, 0) is 0 Å². The monoisotopic (exact) mass is 222 g/mol. The summed E-state index contributed by atoms with van der Waals surface area (Å²) in [5.41, 5.74) is 0. The van der Waals surface area contributed by atoms with Gasteiger partial charge < -0.3 is 29.5 Å². The van der Waals surface area contributed by atoms with Gasteiger partial charge in [-0.25, -0.2) is 4.79 Å². The first kappa shape index (κ1) is 12.3. The second-order valence-electron chi connectivity index (χ2n) is 3.18. The lowest BCUT2D eigenvalue weighted by Gasteiger charge is -2.39. The summed E-state index contributed by atoms with van der Waals surface area (Å²) in [6, 6.07) is 0. The number of ether oxygens (including phenoxy) is 3. The van der Waals surface area contributed by atoms with Crippen LogP contribution in [-0.2, 0) is 19.0 Å². The van der Waals surface area contributed by atoms with E-state index in [1.165, 1.54) is 14.2 Å². The molecule has 15 heavy (non-hydrogen) atoms. The van der Waals surface area contributed by atoms with Gasteiger partial charge in [0.1, 0.15) is 18.3 Å². The van der Waals surface area contributed by atoms with Crippen molar-refractivity contribution >= 4 is 5.97 Å². The summed E-state index contributed by atoms with van der Waals surface area (Å²) >= 11 is 0. The van der Waals surface area contributed by atoms with Crippen LogP contribution < -0.4 is 0 Å². The van der Waals surface area contributed by atoms with Gasteiger partial charge in [0.2, 0.25) is 0 Å². The van der Waals surface area contributed by atoms with E-state index in [2.05, 4.69) is 0 Å². The third kappa shape index (κ3) is 2.27. The number of carbonyl (C=O) groups is 1. The lowest BCUT2D eigenvalue weighted by molar-refractivity contribution is -0.290. The molecule has 0 aromatic heterocycles. The van der Waals surface area contributed by atoms with Crippen molar-refractivity contribution in [1.82, 2.24) is 0 Å². The van der Waals surface area contributed by atoms with Crippen molar-refractivity contribution < 1.29 is 34.3 Å². The molecular weight excluding hydrogens is 208 g/mol. The summed E-state index contributed by atoms with van der Waals surface area (Å²) in [5.74, 6) is -1.28. The van der Waals surface area contributed by atoms with E-state index in [9.17, 15) is 15.0 Å². The fraction of sp³-hybridized carbons (Fsp3) is 0.875. The van der Waals surface area contributed by atoms with Crippen LogP contribution in [-0.4, -0.2) is 66.2 Å². The number of carboxylic acids is 1. The van der Waals surface area contributed by atoms with E-state index >= 15 is 0 Å². The van der Waals surface area contributed by atoms with E-state index in [1.54, 1.807) is 0 Å². The predicted molar refractivity (Wildman–Crippen MR) is 46.1 cm³/mol. The van der Waals surface area contributed by atoms with Gasteiger partial charge in [-0.1, -0.05) is 0 Å². The van der Waals surface area contributed by atoms with Crippen LogP contribution in [0.5, 0.6) is 0 Å². The minimum atomic E-state index is -1.37. The fourth-order valence-corrected chi connectivity index (χ4v) is 1.49. The van der Waals surface area contributed by atoms with E-state index < -0.39 is 36.7 Å². The zero-order chi connectivity index (χ0) is 11.6. The predicted octanol–water partition coefficient (Wildman–Crippen LogP) is -1.82. The largest absolute Gasteiger partial charge is 0.479 e. The van der Waals surface area contributed by atoms with Crippen molar-refractivity contribution in [2.45, 2.75) is 30.7 Å². The van der Waals surface area contributed by atoms with Crippen LogP contribution >= 0.6 is 0 Å². The van der Waals surface area contributed by atoms with E-state index in [-0.39, 0.29) is 0 Å². The Labute approximate surface area is 86.2 Å². The molecule has 1 heterocycles. The summed E-state index contributed by atoms with van der Waals surface area (Å²) in [6.45, 7) is 0. The zero-order valence-electron chi connectivity index (χ0n) is 8.36. The minimum absolute atomic E-state index is 1.12. The molecule has 5 atom stereocenters. The maximum atomic E-state index is 10.8. The quantitative estimate of drug-likeness (QED) is 0.516. The number of hydrogen-bond acceptors (Lipinski definition) is 6. The van der Waals surface area contributed by atoms with Crippen LogP contribution in [0.15, 0.2) is 0 Å². The van der Waals surface area contributed by atoms with E-state index in [4.69, 9.17) is 19.3 Å². The molecule has 7 heteroatoms. The number of aliphatic carboxylic acids is 1. The Morgan fingerprint density at radius 3 is 2.20 bits per heavy atom. The summed E-state index contributed by atoms with van der Waals surface area (Å²) < 4.78 is 14.4. The molecule has 1 rings (SSSR count). The van der Waals surface area contributed by atoms with Crippen molar-refractivity contribution in [3.05, 3.63) is 0 Å². The highest BCUT2D eigenvalue weighted by atomic mass is 16.7. The van der Waals surface area contributed by atoms with Gasteiger partial charge in [-0.15, -0.1) is 0 Å². The molecule has 0 saturated carbocycles. The van der Waals surface area contributed by atoms with Gasteiger partial charge in [0.15, 0.2) is 12.4 Å². The van der Waals surface area contributed by atoms with Gasteiger partial charge in [0.05, 0.1) is 0 Å². The van der Waals surface area contributed by atoms with Crippen molar-refractivity contribution in [3.63, 3.8) is 0 Å². The van der Waals surface area contributed by atoms with E-state index in [0.29, 0.717) is 0 Å². The average Bonchev–Trinajstić information content (AvgIpc) is 2.21. The summed E-state index contributed by atoms with van der Waals surface area (Å²) in [6.07, 6.45) is -6.36. The van der Waals surface area contributed by atoms with Crippen LogP contribution in [0.3, 0.4) is 0 Å². The maximum absolute atomic E-state index is 10.8. The minimum Gasteiger partial charge on any atom is -0.479 e. The molecule has 0 aliphatic carbocycles. The van der Waals surface area contributed by atoms with Crippen molar-refractivity contribution in [3.8, 4) is 0 Å². The van der Waals surface area contributed by atoms with Crippen LogP contribution in [0, 0.1) is 0 Å². The Hall–Kier alpha value is -0.730. The Balaban J connectivity index is 2.84. The van der Waals surface area contributed by atoms with Crippen LogP contribution in [0.4, 0.5) is 0 Å². The second-order valence-corrected chi connectivity index (χ2v) is 3.18. The third-order valence-electron chi connectivity index (χ3n) is 2.29. The van der Waals surface area contributed by atoms with Crippen LogP contribution in [0.2, 0.25) is 0 Å². The lowest BCUT2D eigenvalue weighted by Crippen LogP contribution is -2.60. The Kier molecular flexibility index (Phi) is 4.00. The molecular formula is C8H14O7. The van der Waals surface area contributed by atoms with Gasteiger partial charge >= 0.3 is 5.97 Å². The number of carboxylic acid groups (broad SMARTS) is 1. The van der Waals surface area contributed by atoms with Gasteiger partial charge in [0, 0.05) is 14.2 Å². The summed E-state index contributed by atoms with van der Waals surface area (Å²) in [5, 5.41) is 27.8. The standard InChI is InChI=1S/C8H14O7/c1-13-5-3(9)4(10)8(14-2)15-6(5)7(11)12/h3-6,8-10H,1-2H3,(H,11,12)/t3-,4?,5+,6?,8-/m1/s1. The Morgan fingerprint density at radius 1 is 1.20 bits per heavy atom. The van der Waals surface area contributed by atoms with Crippen LogP contribution in [0.1, 0.15) is 0 Å². The molecule has 0 aromatic carbocycles. The molecule has 1 saturated heterocycles. The summed E-state index contributed by atoms with van der Waals surface area (Å²) in [4.78, 5) is 10.8. The normalized spacial score (nSPS) is 41.5. The Morgan fingerprint density at radius 2 is 1.80 bits per heavy atom. The van der Waals surface area contributed by atoms with Gasteiger partial charge in [-0.2, -0.15) is 0 Å². The molecule has 88 valence electrons. The van der Waals surface area contributed by atoms with Gasteiger partial charge in [-0.3, -0.25) is 0 Å². The lowest BCUT2D eigenvalue weighted by atomic mass is 9.99. The number of aliphatic hydroxyl groups is 2. The molecule has 0 spiro atoms. The maximum Gasteiger partial charge on any atom is 0.335 e. The van der Waals surface area contributed by atoms with Crippen molar-refractivity contribution in [1.29, 1.82) is 0 Å². The van der Waals surface area contributed by atoms with Crippen LogP contribution in [0.25, 0.3) is 0 Å². The number of aliphatic hydroxyl groups excluding tert-OH is 2. The van der Waals surface area contributed by atoms with E-state index in [1.807, 2.05) is 0 Å². The SMILES string of the molecule is CO[C@@H]1OC(C(=O)O)[C@@H](OC)[C@H](O)C1O. The molecule has 1 fully saturated rings. The highest BCUT2D eigenvalue weighted by Gasteiger charge is 2.48. The van der Waals surface area contributed by atoms with Crippen molar-refractivity contribution in [2.75, 3.05) is 14.2 Å². The number of methoxy groups -OCH3 is 2. The average molecular weight is 222 g/mol. The number of rotatable bonds is 3. The topological polar surface area (TPSA) is 105 Å². The molecule has 0 aromatic rings. The molecule has 1 aliphatic heterocycles. The number of hydrogen-bond donors (Lipinski definition) is 3. The second kappa shape index (κ2) is 4.86. The third-order valence-corrected chi connectivity index (χ3v) is 2.29. The summed E-state index contributed by atoms with van der Waals surface area (Å²) in [7, 11) is 2.47. The molecule has 0 bridgehead atoms. The zero-order valence-corrected chi connectivity index (χ0v) is 8.36. The molecule has 1 aliphatic rings. The molecule has 0 amide bonds. The highest BCUT2D eigenvalue weighted by molar-refractivity contribution is 5.73. The fourth-order valence-electron chi connectivity index (χ4n) is 1.49. The van der Waals surface area contributed by atoms with Gasteiger partial charge in [0.25, 0.3) is 0 Å². The smallest absolute Gasteiger partial charge is 0.335 e. The molecule has 0 radical (unpaired) electrons.